The summed E-state index contributed by atoms with van der Waals surface area (Å²) in [5.41, 5.74) is 0. The fourth-order valence-corrected chi connectivity index (χ4v) is 3.57. The molecule has 2 aliphatic heterocycles. The Bertz CT molecular complexity index is 325. The number of carbonyl (C=O) groups excluding carboxylic acids is 1. The summed E-state index contributed by atoms with van der Waals surface area (Å²) < 4.78 is 0. The third kappa shape index (κ3) is 5.76. The van der Waals surface area contributed by atoms with Crippen molar-refractivity contribution >= 4 is 18.3 Å². The molecule has 3 atom stereocenters. The molecule has 0 saturated carbocycles. The second kappa shape index (κ2) is 8.96. The molecule has 2 heterocycles. The maximum atomic E-state index is 12.3. The molecule has 0 unspecified atom stereocenters. The van der Waals surface area contributed by atoms with Crippen molar-refractivity contribution in [1.29, 1.82) is 0 Å². The molecule has 5 heteroatoms. The lowest BCUT2D eigenvalue weighted by atomic mass is 9.92. The zero-order valence-corrected chi connectivity index (χ0v) is 14.5. The van der Waals surface area contributed by atoms with Gasteiger partial charge in [-0.25, -0.2) is 0 Å². The summed E-state index contributed by atoms with van der Waals surface area (Å²) >= 11 is 0. The molecule has 2 saturated heterocycles. The van der Waals surface area contributed by atoms with Crippen molar-refractivity contribution in [3.63, 3.8) is 0 Å². The summed E-state index contributed by atoms with van der Waals surface area (Å²) in [6.45, 7) is 10.9. The van der Waals surface area contributed by atoms with Crippen LogP contribution in [0.4, 0.5) is 0 Å². The van der Waals surface area contributed by atoms with Crippen molar-refractivity contribution in [1.82, 2.24) is 15.5 Å². The van der Waals surface area contributed by atoms with Crippen molar-refractivity contribution in [3.05, 3.63) is 0 Å². The fourth-order valence-electron chi connectivity index (χ4n) is 3.57. The molecule has 21 heavy (non-hydrogen) atoms. The quantitative estimate of drug-likeness (QED) is 0.815. The van der Waals surface area contributed by atoms with Crippen LogP contribution in [0.2, 0.25) is 0 Å². The second-order valence-electron chi connectivity index (χ2n) is 7.01. The maximum Gasteiger partial charge on any atom is 0.223 e. The Kier molecular flexibility index (Phi) is 7.99. The van der Waals surface area contributed by atoms with Crippen molar-refractivity contribution < 1.29 is 4.79 Å². The van der Waals surface area contributed by atoms with Crippen LogP contribution in [0.5, 0.6) is 0 Å². The highest BCUT2D eigenvalue weighted by Gasteiger charge is 2.28. The molecule has 0 bridgehead atoms. The summed E-state index contributed by atoms with van der Waals surface area (Å²) in [6, 6.07) is 1.03. The van der Waals surface area contributed by atoms with Crippen LogP contribution < -0.4 is 10.6 Å². The number of carbonyl (C=O) groups is 1. The minimum Gasteiger partial charge on any atom is -0.354 e. The molecule has 0 aliphatic carbocycles. The Balaban J connectivity index is 0.00000220. The summed E-state index contributed by atoms with van der Waals surface area (Å²) in [6.07, 6.45) is 4.47. The van der Waals surface area contributed by atoms with Crippen LogP contribution in [0, 0.1) is 11.8 Å². The number of hydrogen-bond donors (Lipinski definition) is 2. The van der Waals surface area contributed by atoms with Crippen LogP contribution in [-0.4, -0.2) is 49.1 Å². The Labute approximate surface area is 135 Å². The zero-order chi connectivity index (χ0) is 14.5. The molecule has 4 nitrogen and oxygen atoms in total. The van der Waals surface area contributed by atoms with Gasteiger partial charge in [0.25, 0.3) is 0 Å². The predicted molar refractivity (Wildman–Crippen MR) is 89.9 cm³/mol. The van der Waals surface area contributed by atoms with Crippen LogP contribution in [0.1, 0.15) is 46.5 Å². The minimum atomic E-state index is 0. The zero-order valence-electron chi connectivity index (χ0n) is 13.7. The van der Waals surface area contributed by atoms with Crippen LogP contribution >= 0.6 is 12.4 Å². The minimum absolute atomic E-state index is 0. The van der Waals surface area contributed by atoms with E-state index in [4.69, 9.17) is 0 Å². The predicted octanol–water partition coefficient (Wildman–Crippen LogP) is 2.03. The molecule has 1 amide bonds. The van der Waals surface area contributed by atoms with Gasteiger partial charge in [0.2, 0.25) is 5.91 Å². The third-order valence-electron chi connectivity index (χ3n) is 4.61. The van der Waals surface area contributed by atoms with E-state index in [-0.39, 0.29) is 24.2 Å². The van der Waals surface area contributed by atoms with Gasteiger partial charge in [-0.3, -0.25) is 9.69 Å². The number of piperidine rings is 1. The van der Waals surface area contributed by atoms with Gasteiger partial charge in [-0.05, 0) is 51.6 Å². The largest absolute Gasteiger partial charge is 0.354 e. The number of hydrogen-bond acceptors (Lipinski definition) is 3. The first-order valence-electron chi connectivity index (χ1n) is 8.31. The average Bonchev–Trinajstić information content (AvgIpc) is 2.82. The van der Waals surface area contributed by atoms with Crippen molar-refractivity contribution in [3.8, 4) is 0 Å². The maximum absolute atomic E-state index is 12.3. The van der Waals surface area contributed by atoms with E-state index in [0.29, 0.717) is 18.0 Å². The van der Waals surface area contributed by atoms with E-state index in [2.05, 4.69) is 36.3 Å². The molecule has 2 N–H and O–H groups in total. The molecule has 2 aliphatic rings. The van der Waals surface area contributed by atoms with Crippen LogP contribution in [0.15, 0.2) is 0 Å². The summed E-state index contributed by atoms with van der Waals surface area (Å²) in [5, 5.41) is 6.61. The number of rotatable bonds is 5. The first-order valence-corrected chi connectivity index (χ1v) is 8.31. The molecule has 0 spiro atoms. The van der Waals surface area contributed by atoms with Gasteiger partial charge in [0.05, 0.1) is 0 Å². The second-order valence-corrected chi connectivity index (χ2v) is 7.01. The lowest BCUT2D eigenvalue weighted by Crippen LogP contribution is -2.46. The molecule has 0 aromatic heterocycles. The van der Waals surface area contributed by atoms with E-state index >= 15 is 0 Å². The van der Waals surface area contributed by atoms with Crippen molar-refractivity contribution in [2.24, 2.45) is 11.8 Å². The number of halogens is 1. The van der Waals surface area contributed by atoms with Crippen molar-refractivity contribution in [2.75, 3.05) is 26.2 Å². The first-order chi connectivity index (χ1) is 9.56. The van der Waals surface area contributed by atoms with Gasteiger partial charge in [0.15, 0.2) is 0 Å². The highest BCUT2D eigenvalue weighted by molar-refractivity contribution is 5.85. The topological polar surface area (TPSA) is 44.4 Å². The Morgan fingerprint density at radius 2 is 2.14 bits per heavy atom. The highest BCUT2D eigenvalue weighted by atomic mass is 35.5. The fraction of sp³-hybridized carbons (Fsp3) is 0.938. The molecule has 0 aromatic carbocycles. The highest BCUT2D eigenvalue weighted by Crippen LogP contribution is 2.19. The SMILES string of the molecule is CC(C)CN1CCC[C@@H]1CNC(=O)[C@H]1CCN[C@@H](C)C1.Cl. The number of nitrogens with one attached hydrogen (secondary N) is 2. The molecular weight excluding hydrogens is 286 g/mol. The lowest BCUT2D eigenvalue weighted by Gasteiger charge is -2.29. The van der Waals surface area contributed by atoms with Crippen LogP contribution in [0.3, 0.4) is 0 Å². The van der Waals surface area contributed by atoms with Crippen LogP contribution in [0.25, 0.3) is 0 Å². The van der Waals surface area contributed by atoms with Gasteiger partial charge in [0.1, 0.15) is 0 Å². The monoisotopic (exact) mass is 317 g/mol. The van der Waals surface area contributed by atoms with Gasteiger partial charge in [-0.1, -0.05) is 13.8 Å². The number of amides is 1. The van der Waals surface area contributed by atoms with E-state index in [1.54, 1.807) is 0 Å². The van der Waals surface area contributed by atoms with E-state index in [1.807, 2.05) is 0 Å². The molecular formula is C16H32ClN3O. The smallest absolute Gasteiger partial charge is 0.223 e. The molecule has 124 valence electrons. The van der Waals surface area contributed by atoms with E-state index in [0.717, 1.165) is 32.5 Å². The summed E-state index contributed by atoms with van der Waals surface area (Å²) in [4.78, 5) is 14.8. The van der Waals surface area contributed by atoms with Gasteiger partial charge in [0, 0.05) is 31.1 Å². The van der Waals surface area contributed by atoms with E-state index < -0.39 is 0 Å². The summed E-state index contributed by atoms with van der Waals surface area (Å²) in [7, 11) is 0. The standard InChI is InChI=1S/C16H31N3O.ClH/c1-12(2)11-19-8-4-5-15(19)10-18-16(20)14-6-7-17-13(3)9-14;/h12-15,17H,4-11H2,1-3H3,(H,18,20);1H/t13-,14-,15+;/m0./s1. The lowest BCUT2D eigenvalue weighted by molar-refractivity contribution is -0.126. The first kappa shape index (κ1) is 18.7. The van der Waals surface area contributed by atoms with Crippen LogP contribution in [-0.2, 0) is 4.79 Å². The molecule has 2 rings (SSSR count). The molecule has 0 aromatic rings. The molecule has 0 radical (unpaired) electrons. The normalized spacial score (nSPS) is 30.2. The number of likely N-dealkylation sites (tertiary alicyclic amines) is 1. The Morgan fingerprint density at radius 1 is 1.38 bits per heavy atom. The van der Waals surface area contributed by atoms with Crippen molar-refractivity contribution in [2.45, 2.75) is 58.5 Å². The third-order valence-corrected chi connectivity index (χ3v) is 4.61. The average molecular weight is 318 g/mol. The van der Waals surface area contributed by atoms with E-state index in [9.17, 15) is 4.79 Å². The Morgan fingerprint density at radius 3 is 2.81 bits per heavy atom. The van der Waals surface area contributed by atoms with Gasteiger partial charge in [-0.2, -0.15) is 0 Å². The molecule has 2 fully saturated rings. The van der Waals surface area contributed by atoms with E-state index in [1.165, 1.54) is 19.4 Å². The number of nitrogens with zero attached hydrogens (tertiary/aromatic N) is 1. The summed E-state index contributed by atoms with van der Waals surface area (Å²) in [5.74, 6) is 1.19. The Hall–Kier alpha value is -0.320. The van der Waals surface area contributed by atoms with Gasteiger partial charge in [-0.15, -0.1) is 12.4 Å². The van der Waals surface area contributed by atoms with Gasteiger partial charge < -0.3 is 10.6 Å². The van der Waals surface area contributed by atoms with Gasteiger partial charge >= 0.3 is 0 Å².